The Labute approximate surface area is 134 Å². The number of nitrogens with one attached hydrogen (secondary N) is 2. The Morgan fingerprint density at radius 2 is 1.96 bits per heavy atom. The van der Waals surface area contributed by atoms with Gasteiger partial charge in [0.15, 0.2) is 11.0 Å². The topological polar surface area (TPSA) is 66.9 Å². The van der Waals surface area contributed by atoms with Gasteiger partial charge in [0.25, 0.3) is 0 Å². The lowest BCUT2D eigenvalue weighted by atomic mass is 10.1. The number of nitrogens with zero attached hydrogens (tertiary/aromatic N) is 2. The molecule has 0 atom stereocenters. The number of amides is 2. The van der Waals surface area contributed by atoms with Crippen LogP contribution in [0.2, 0.25) is 5.15 Å². The molecule has 0 aliphatic rings. The molecule has 0 radical (unpaired) electrons. The number of hydrogen-bond donors (Lipinski definition) is 2. The van der Waals surface area contributed by atoms with Crippen molar-refractivity contribution >= 4 is 29.5 Å². The minimum Gasteiger partial charge on any atom is -0.314 e. The first-order valence-corrected chi connectivity index (χ1v) is 6.63. The molecule has 0 spiro atoms. The second-order valence-electron chi connectivity index (χ2n) is 4.30. The second-order valence-corrected chi connectivity index (χ2v) is 4.68. The average molecular weight is 343 g/mol. The Morgan fingerprint density at radius 1 is 1.17 bits per heavy atom. The van der Waals surface area contributed by atoms with Crippen LogP contribution in [0.3, 0.4) is 0 Å². The summed E-state index contributed by atoms with van der Waals surface area (Å²) in [6.45, 7) is 0. The summed E-state index contributed by atoms with van der Waals surface area (Å²) in [5.41, 5.74) is -0.466. The zero-order chi connectivity index (χ0) is 16.9. The van der Waals surface area contributed by atoms with Gasteiger partial charge < -0.3 is 5.32 Å². The first-order valence-electron chi connectivity index (χ1n) is 6.25. The maximum absolute atomic E-state index is 12.6. The SMILES string of the molecule is O=C(N/C=C/c1cccc(C(F)(F)F)c1)Nc1ccc(Cl)nn1. The van der Waals surface area contributed by atoms with Crippen LogP contribution in [0.25, 0.3) is 6.08 Å². The number of carbonyl (C=O) groups excluding carboxylic acids is 1. The van der Waals surface area contributed by atoms with E-state index in [1.165, 1.54) is 36.5 Å². The maximum atomic E-state index is 12.6. The van der Waals surface area contributed by atoms with Gasteiger partial charge in [-0.2, -0.15) is 13.2 Å². The van der Waals surface area contributed by atoms with Crippen molar-refractivity contribution in [2.75, 3.05) is 5.32 Å². The van der Waals surface area contributed by atoms with Crippen LogP contribution in [0.1, 0.15) is 11.1 Å². The number of urea groups is 1. The van der Waals surface area contributed by atoms with Crippen LogP contribution in [0.15, 0.2) is 42.6 Å². The molecule has 0 aliphatic heterocycles. The summed E-state index contributed by atoms with van der Waals surface area (Å²) < 4.78 is 37.7. The largest absolute Gasteiger partial charge is 0.416 e. The predicted molar refractivity (Wildman–Crippen MR) is 79.7 cm³/mol. The number of alkyl halides is 3. The molecule has 2 rings (SSSR count). The molecule has 0 bridgehead atoms. The summed E-state index contributed by atoms with van der Waals surface area (Å²) in [5.74, 6) is 0.180. The normalized spacial score (nSPS) is 11.5. The molecule has 120 valence electrons. The van der Waals surface area contributed by atoms with Crippen LogP contribution >= 0.6 is 11.6 Å². The lowest BCUT2D eigenvalue weighted by molar-refractivity contribution is -0.137. The van der Waals surface area contributed by atoms with Gasteiger partial charge in [-0.05, 0) is 35.9 Å². The highest BCUT2D eigenvalue weighted by molar-refractivity contribution is 6.29. The maximum Gasteiger partial charge on any atom is 0.416 e. The number of hydrogen-bond acceptors (Lipinski definition) is 3. The lowest BCUT2D eigenvalue weighted by Gasteiger charge is -2.06. The molecule has 0 fully saturated rings. The van der Waals surface area contributed by atoms with Crippen LogP contribution in [-0.4, -0.2) is 16.2 Å². The molecular weight excluding hydrogens is 333 g/mol. The van der Waals surface area contributed by atoms with E-state index in [4.69, 9.17) is 11.6 Å². The van der Waals surface area contributed by atoms with Crippen molar-refractivity contribution < 1.29 is 18.0 Å². The van der Waals surface area contributed by atoms with Crippen LogP contribution < -0.4 is 10.6 Å². The van der Waals surface area contributed by atoms with E-state index >= 15 is 0 Å². The van der Waals surface area contributed by atoms with E-state index in [-0.39, 0.29) is 11.0 Å². The smallest absolute Gasteiger partial charge is 0.314 e. The third kappa shape index (κ3) is 5.26. The van der Waals surface area contributed by atoms with Crippen molar-refractivity contribution in [1.82, 2.24) is 15.5 Å². The number of halogens is 4. The molecule has 2 amide bonds. The number of anilines is 1. The first-order chi connectivity index (χ1) is 10.8. The number of rotatable bonds is 3. The van der Waals surface area contributed by atoms with Crippen LogP contribution in [-0.2, 0) is 6.18 Å². The fraction of sp³-hybridized carbons (Fsp3) is 0.0714. The average Bonchev–Trinajstić information content (AvgIpc) is 2.49. The standard InChI is InChI=1S/C14H10ClF3N4O/c15-11-4-5-12(22-21-11)20-13(23)19-7-6-9-2-1-3-10(8-9)14(16,17)18/h1-8H,(H2,19,20,22,23)/b7-6+. The summed E-state index contributed by atoms with van der Waals surface area (Å²) >= 11 is 5.55. The number of benzene rings is 1. The van der Waals surface area contributed by atoms with E-state index in [1.807, 2.05) is 0 Å². The van der Waals surface area contributed by atoms with Gasteiger partial charge in [-0.15, -0.1) is 10.2 Å². The number of carbonyl (C=O) groups is 1. The first kappa shape index (κ1) is 16.8. The van der Waals surface area contributed by atoms with Crippen molar-refractivity contribution in [1.29, 1.82) is 0 Å². The van der Waals surface area contributed by atoms with Gasteiger partial charge in [0.2, 0.25) is 0 Å². The molecule has 0 aliphatic carbocycles. The second kappa shape index (κ2) is 7.10. The molecule has 5 nitrogen and oxygen atoms in total. The fourth-order valence-electron chi connectivity index (χ4n) is 1.57. The van der Waals surface area contributed by atoms with Crippen molar-refractivity contribution in [3.05, 3.63) is 58.9 Å². The van der Waals surface area contributed by atoms with E-state index < -0.39 is 17.8 Å². The van der Waals surface area contributed by atoms with Gasteiger partial charge in [-0.1, -0.05) is 23.7 Å². The van der Waals surface area contributed by atoms with Gasteiger partial charge in [-0.3, -0.25) is 5.32 Å². The zero-order valence-corrected chi connectivity index (χ0v) is 12.2. The van der Waals surface area contributed by atoms with Crippen molar-refractivity contribution in [2.45, 2.75) is 6.18 Å². The summed E-state index contributed by atoms with van der Waals surface area (Å²) in [5, 5.41) is 12.1. The summed E-state index contributed by atoms with van der Waals surface area (Å²) in [7, 11) is 0. The Kier molecular flexibility index (Phi) is 5.17. The molecule has 23 heavy (non-hydrogen) atoms. The molecule has 1 aromatic carbocycles. The molecule has 2 N–H and O–H groups in total. The molecule has 9 heteroatoms. The minimum atomic E-state index is -4.41. The summed E-state index contributed by atoms with van der Waals surface area (Å²) in [6, 6.07) is 6.98. The van der Waals surface area contributed by atoms with E-state index in [9.17, 15) is 18.0 Å². The minimum absolute atomic E-state index is 0.180. The molecule has 0 saturated heterocycles. The molecule has 0 saturated carbocycles. The molecule has 0 unspecified atom stereocenters. The Balaban J connectivity index is 1.93. The van der Waals surface area contributed by atoms with Gasteiger partial charge in [0.1, 0.15) is 0 Å². The van der Waals surface area contributed by atoms with E-state index in [0.717, 1.165) is 12.1 Å². The summed E-state index contributed by atoms with van der Waals surface area (Å²) in [6.07, 6.45) is -1.86. The van der Waals surface area contributed by atoms with Gasteiger partial charge in [0.05, 0.1) is 5.56 Å². The van der Waals surface area contributed by atoms with Crippen LogP contribution in [0.5, 0.6) is 0 Å². The highest BCUT2D eigenvalue weighted by atomic mass is 35.5. The van der Waals surface area contributed by atoms with Crippen molar-refractivity contribution in [3.63, 3.8) is 0 Å². The van der Waals surface area contributed by atoms with Crippen molar-refractivity contribution in [3.8, 4) is 0 Å². The van der Waals surface area contributed by atoms with Crippen LogP contribution in [0.4, 0.5) is 23.8 Å². The van der Waals surface area contributed by atoms with Gasteiger partial charge in [0, 0.05) is 6.20 Å². The molecule has 2 aromatic rings. The van der Waals surface area contributed by atoms with Gasteiger partial charge in [-0.25, -0.2) is 4.79 Å². The summed E-state index contributed by atoms with van der Waals surface area (Å²) in [4.78, 5) is 11.6. The van der Waals surface area contributed by atoms with Crippen LogP contribution in [0, 0.1) is 0 Å². The quantitative estimate of drug-likeness (QED) is 0.887. The Hall–Kier alpha value is -2.61. The Bertz CT molecular complexity index is 717. The fourth-order valence-corrected chi connectivity index (χ4v) is 1.67. The number of aromatic nitrogens is 2. The van der Waals surface area contributed by atoms with E-state index in [1.54, 1.807) is 0 Å². The molecule has 1 heterocycles. The predicted octanol–water partition coefficient (Wildman–Crippen LogP) is 3.94. The van der Waals surface area contributed by atoms with Crippen molar-refractivity contribution in [2.24, 2.45) is 0 Å². The van der Waals surface area contributed by atoms with Gasteiger partial charge >= 0.3 is 12.2 Å². The molecular formula is C14H10ClF3N4O. The van der Waals surface area contributed by atoms with E-state index in [0.29, 0.717) is 5.56 Å². The Morgan fingerprint density at radius 3 is 2.61 bits per heavy atom. The highest BCUT2D eigenvalue weighted by Crippen LogP contribution is 2.29. The third-order valence-corrected chi connectivity index (χ3v) is 2.78. The molecule has 1 aromatic heterocycles. The van der Waals surface area contributed by atoms with E-state index in [2.05, 4.69) is 20.8 Å². The lowest BCUT2D eigenvalue weighted by Crippen LogP contribution is -2.24. The third-order valence-electron chi connectivity index (χ3n) is 2.58. The monoisotopic (exact) mass is 342 g/mol. The zero-order valence-electron chi connectivity index (χ0n) is 11.4. The highest BCUT2D eigenvalue weighted by Gasteiger charge is 2.30.